The van der Waals surface area contributed by atoms with Crippen molar-refractivity contribution in [2.75, 3.05) is 19.8 Å². The van der Waals surface area contributed by atoms with Crippen LogP contribution in [0.5, 0.6) is 5.75 Å². The summed E-state index contributed by atoms with van der Waals surface area (Å²) in [4.78, 5) is 19.2. The van der Waals surface area contributed by atoms with Gasteiger partial charge in [0.2, 0.25) is 5.78 Å². The Bertz CT molecular complexity index is 1160. The SMILES string of the molecule is FC(F)(F)c1n[nH]c(-c2nc3ncc(OCC4CCOC4)cn3c2-c2c[nH]cn2)n1. The first-order chi connectivity index (χ1) is 14.5. The maximum atomic E-state index is 12.9. The molecule has 1 fully saturated rings. The number of aromatic amines is 2. The molecule has 2 N–H and O–H groups in total. The molecule has 0 saturated carbocycles. The molecule has 10 nitrogen and oxygen atoms in total. The molecule has 1 unspecified atom stereocenters. The molecule has 1 aliphatic rings. The van der Waals surface area contributed by atoms with Crippen LogP contribution < -0.4 is 4.74 Å². The van der Waals surface area contributed by atoms with Crippen LogP contribution in [0.15, 0.2) is 24.9 Å². The summed E-state index contributed by atoms with van der Waals surface area (Å²) in [5, 5.41) is 5.55. The molecule has 4 aromatic heterocycles. The predicted molar refractivity (Wildman–Crippen MR) is 95.4 cm³/mol. The minimum Gasteiger partial charge on any atom is -0.490 e. The van der Waals surface area contributed by atoms with Crippen LogP contribution in [-0.4, -0.2) is 59.3 Å². The maximum Gasteiger partial charge on any atom is 0.453 e. The van der Waals surface area contributed by atoms with E-state index in [1.54, 1.807) is 16.8 Å². The number of halogens is 3. The van der Waals surface area contributed by atoms with Crippen molar-refractivity contribution in [1.29, 1.82) is 0 Å². The van der Waals surface area contributed by atoms with Gasteiger partial charge in [-0.3, -0.25) is 9.50 Å². The zero-order valence-corrected chi connectivity index (χ0v) is 15.3. The van der Waals surface area contributed by atoms with Gasteiger partial charge in [0, 0.05) is 18.7 Å². The first-order valence-corrected chi connectivity index (χ1v) is 9.07. The molecule has 13 heteroatoms. The highest BCUT2D eigenvalue weighted by atomic mass is 19.4. The van der Waals surface area contributed by atoms with Crippen LogP contribution >= 0.6 is 0 Å². The monoisotopic (exact) mass is 420 g/mol. The third-order valence-corrected chi connectivity index (χ3v) is 4.67. The highest BCUT2D eigenvalue weighted by Crippen LogP contribution is 2.32. The van der Waals surface area contributed by atoms with Gasteiger partial charge in [-0.25, -0.2) is 19.9 Å². The molecule has 0 aliphatic carbocycles. The lowest BCUT2D eigenvalue weighted by molar-refractivity contribution is -0.144. The van der Waals surface area contributed by atoms with Crippen LogP contribution in [0.3, 0.4) is 0 Å². The van der Waals surface area contributed by atoms with E-state index in [0.717, 1.165) is 13.0 Å². The van der Waals surface area contributed by atoms with E-state index in [1.165, 1.54) is 12.5 Å². The molecule has 30 heavy (non-hydrogen) atoms. The van der Waals surface area contributed by atoms with Crippen molar-refractivity contribution in [3.63, 3.8) is 0 Å². The number of H-pyrrole nitrogens is 2. The second kappa shape index (κ2) is 7.09. The van der Waals surface area contributed by atoms with Gasteiger partial charge >= 0.3 is 6.18 Å². The average molecular weight is 420 g/mol. The summed E-state index contributed by atoms with van der Waals surface area (Å²) >= 11 is 0. The average Bonchev–Trinajstić information content (AvgIpc) is 3.51. The van der Waals surface area contributed by atoms with Crippen molar-refractivity contribution < 1.29 is 22.6 Å². The van der Waals surface area contributed by atoms with Crippen molar-refractivity contribution in [3.8, 4) is 28.7 Å². The first kappa shape index (κ1) is 18.5. The molecular weight excluding hydrogens is 405 g/mol. The fourth-order valence-electron chi connectivity index (χ4n) is 3.21. The number of alkyl halides is 3. The molecule has 0 bridgehead atoms. The summed E-state index contributed by atoms with van der Waals surface area (Å²) in [5.74, 6) is -0.372. The summed E-state index contributed by atoms with van der Waals surface area (Å²) in [7, 11) is 0. The molecule has 0 spiro atoms. The van der Waals surface area contributed by atoms with Gasteiger partial charge in [0.25, 0.3) is 5.82 Å². The Kier molecular flexibility index (Phi) is 4.38. The number of rotatable bonds is 5. The van der Waals surface area contributed by atoms with Crippen LogP contribution in [-0.2, 0) is 10.9 Å². The van der Waals surface area contributed by atoms with Gasteiger partial charge in [0.1, 0.15) is 17.1 Å². The highest BCUT2D eigenvalue weighted by Gasteiger charge is 2.37. The van der Waals surface area contributed by atoms with E-state index in [1.807, 2.05) is 0 Å². The predicted octanol–water partition coefficient (Wildman–Crippen LogP) is 2.34. The highest BCUT2D eigenvalue weighted by molar-refractivity contribution is 5.76. The molecule has 156 valence electrons. The molecule has 1 saturated heterocycles. The topological polar surface area (TPSA) is 119 Å². The molecule has 5 heterocycles. The first-order valence-electron chi connectivity index (χ1n) is 9.07. The van der Waals surface area contributed by atoms with Gasteiger partial charge < -0.3 is 14.5 Å². The maximum absolute atomic E-state index is 12.9. The molecule has 0 amide bonds. The molecule has 0 aromatic carbocycles. The van der Waals surface area contributed by atoms with Crippen molar-refractivity contribution in [2.45, 2.75) is 12.6 Å². The van der Waals surface area contributed by atoms with E-state index in [2.05, 4.69) is 35.1 Å². The summed E-state index contributed by atoms with van der Waals surface area (Å²) in [5.41, 5.74) is 0.989. The number of nitrogens with zero attached hydrogens (tertiary/aromatic N) is 6. The second-order valence-corrected chi connectivity index (χ2v) is 6.77. The number of fused-ring (bicyclic) bond motifs is 1. The number of imidazole rings is 2. The Labute approximate surface area is 166 Å². The fourth-order valence-corrected chi connectivity index (χ4v) is 3.21. The summed E-state index contributed by atoms with van der Waals surface area (Å²) in [6, 6.07) is 0. The number of nitrogens with one attached hydrogen (secondary N) is 2. The van der Waals surface area contributed by atoms with Crippen LogP contribution in [0.2, 0.25) is 0 Å². The molecular formula is C17H15F3N8O2. The normalized spacial score (nSPS) is 17.1. The van der Waals surface area contributed by atoms with E-state index >= 15 is 0 Å². The number of ether oxygens (including phenoxy) is 2. The molecule has 4 aromatic rings. The summed E-state index contributed by atoms with van der Waals surface area (Å²) < 4.78 is 51.6. The Morgan fingerprint density at radius 1 is 1.27 bits per heavy atom. The van der Waals surface area contributed by atoms with E-state index in [-0.39, 0.29) is 17.3 Å². The van der Waals surface area contributed by atoms with Gasteiger partial charge in [0.05, 0.1) is 31.9 Å². The Morgan fingerprint density at radius 3 is 2.87 bits per heavy atom. The van der Waals surface area contributed by atoms with Crippen LogP contribution in [0.1, 0.15) is 12.2 Å². The van der Waals surface area contributed by atoms with Crippen LogP contribution in [0.4, 0.5) is 13.2 Å². The lowest BCUT2D eigenvalue weighted by Gasteiger charge is -2.10. The lowest BCUT2D eigenvalue weighted by atomic mass is 10.1. The Balaban J connectivity index is 1.57. The molecule has 5 rings (SSSR count). The van der Waals surface area contributed by atoms with Crippen molar-refractivity contribution >= 4 is 5.78 Å². The second-order valence-electron chi connectivity index (χ2n) is 6.77. The largest absolute Gasteiger partial charge is 0.490 e. The van der Waals surface area contributed by atoms with Crippen LogP contribution in [0, 0.1) is 5.92 Å². The minimum atomic E-state index is -4.68. The molecule has 1 aliphatic heterocycles. The lowest BCUT2D eigenvalue weighted by Crippen LogP contribution is -2.12. The van der Waals surface area contributed by atoms with E-state index in [9.17, 15) is 13.2 Å². The van der Waals surface area contributed by atoms with Crippen LogP contribution in [0.25, 0.3) is 28.7 Å². The minimum absolute atomic E-state index is 0.138. The van der Waals surface area contributed by atoms with Gasteiger partial charge in [-0.1, -0.05) is 0 Å². The Hall–Kier alpha value is -3.48. The molecule has 1 atom stereocenters. The summed E-state index contributed by atoms with van der Waals surface area (Å²) in [6.45, 7) is 1.84. The number of hydrogen-bond donors (Lipinski definition) is 2. The van der Waals surface area contributed by atoms with Gasteiger partial charge in [0.15, 0.2) is 11.6 Å². The third kappa shape index (κ3) is 3.36. The number of hydrogen-bond acceptors (Lipinski definition) is 7. The van der Waals surface area contributed by atoms with Crippen molar-refractivity contribution in [1.82, 2.24) is 39.5 Å². The smallest absolute Gasteiger partial charge is 0.453 e. The zero-order chi connectivity index (χ0) is 20.7. The quantitative estimate of drug-likeness (QED) is 0.509. The third-order valence-electron chi connectivity index (χ3n) is 4.67. The van der Waals surface area contributed by atoms with Gasteiger partial charge in [-0.15, -0.1) is 5.10 Å². The van der Waals surface area contributed by atoms with E-state index in [4.69, 9.17) is 9.47 Å². The van der Waals surface area contributed by atoms with Crippen molar-refractivity contribution in [2.24, 2.45) is 5.92 Å². The van der Waals surface area contributed by atoms with Gasteiger partial charge in [-0.2, -0.15) is 13.2 Å². The Morgan fingerprint density at radius 2 is 2.17 bits per heavy atom. The fraction of sp³-hybridized carbons (Fsp3) is 0.353. The van der Waals surface area contributed by atoms with Crippen molar-refractivity contribution in [3.05, 3.63) is 30.7 Å². The number of aromatic nitrogens is 8. The van der Waals surface area contributed by atoms with E-state index < -0.39 is 12.0 Å². The van der Waals surface area contributed by atoms with Gasteiger partial charge in [-0.05, 0) is 6.42 Å². The summed E-state index contributed by atoms with van der Waals surface area (Å²) in [6.07, 6.45) is 2.48. The standard InChI is InChI=1S/C17H15F3N8O2/c18-17(19,20)15-25-14(26-27-15)12-13(11-4-21-8-23-11)28-5-10(3-22-16(28)24-12)30-7-9-1-2-29-6-9/h3-5,8-9H,1-2,6-7H2,(H,21,23)(H,25,26,27). The zero-order valence-electron chi connectivity index (χ0n) is 15.3. The molecule has 0 radical (unpaired) electrons. The van der Waals surface area contributed by atoms with E-state index in [0.29, 0.717) is 36.3 Å².